The van der Waals surface area contributed by atoms with Gasteiger partial charge in [0, 0.05) is 48.7 Å². The molecule has 2 aliphatic heterocycles. The first kappa shape index (κ1) is 32.4. The summed E-state index contributed by atoms with van der Waals surface area (Å²) in [7, 11) is 4.39. The molecule has 2 aromatic carbocycles. The molecule has 3 aromatic rings. The maximum atomic E-state index is 14.7. The fraction of sp³-hybridized carbons (Fsp3) is 0.412. The monoisotopic (exact) mass is 665 g/mol. The molecule has 2 amide bonds. The minimum atomic E-state index is -1.96. The van der Waals surface area contributed by atoms with Gasteiger partial charge in [-0.25, -0.2) is 0 Å². The molecule has 248 valence electrons. The fourth-order valence-corrected chi connectivity index (χ4v) is 7.14. The summed E-state index contributed by atoms with van der Waals surface area (Å²) in [5, 5.41) is 3.12. The number of primary amides is 1. The van der Waals surface area contributed by atoms with Crippen LogP contribution in [0.3, 0.4) is 0 Å². The van der Waals surface area contributed by atoms with Crippen LogP contribution in [0.4, 0.5) is 0 Å². The molecule has 0 bridgehead atoms. The number of furan rings is 1. The number of methoxy groups -OCH3 is 3. The van der Waals surface area contributed by atoms with Crippen LogP contribution in [0.15, 0.2) is 34.7 Å². The molecule has 3 aliphatic rings. The summed E-state index contributed by atoms with van der Waals surface area (Å²) in [6, 6.07) is 8.44. The molecule has 1 spiro atoms. The van der Waals surface area contributed by atoms with Gasteiger partial charge in [0.15, 0.2) is 5.75 Å². The van der Waals surface area contributed by atoms with Crippen LogP contribution in [-0.4, -0.2) is 80.9 Å². The van der Waals surface area contributed by atoms with Gasteiger partial charge in [-0.05, 0) is 37.1 Å². The average molecular weight is 666 g/mol. The molecule has 6 rings (SSSR count). The Bertz CT molecular complexity index is 1760. The number of hydrogen-bond acceptors (Lipinski definition) is 10. The van der Waals surface area contributed by atoms with Crippen molar-refractivity contribution in [1.82, 2.24) is 10.2 Å². The van der Waals surface area contributed by atoms with Crippen molar-refractivity contribution in [3.63, 3.8) is 0 Å². The highest BCUT2D eigenvalue weighted by molar-refractivity contribution is 6.36. The van der Waals surface area contributed by atoms with Crippen molar-refractivity contribution in [1.29, 1.82) is 0 Å². The van der Waals surface area contributed by atoms with Crippen LogP contribution in [0.5, 0.6) is 23.0 Å². The van der Waals surface area contributed by atoms with E-state index in [-0.39, 0.29) is 64.7 Å². The highest BCUT2D eigenvalue weighted by Crippen LogP contribution is 2.54. The second kappa shape index (κ2) is 12.6. The number of nitrogens with two attached hydrogens (primary N) is 1. The van der Waals surface area contributed by atoms with Crippen molar-refractivity contribution in [2.45, 2.75) is 44.2 Å². The third kappa shape index (κ3) is 5.48. The van der Waals surface area contributed by atoms with Gasteiger partial charge in [0.25, 0.3) is 0 Å². The molecule has 1 aliphatic carbocycles. The van der Waals surface area contributed by atoms with E-state index in [9.17, 15) is 19.2 Å². The van der Waals surface area contributed by atoms with Gasteiger partial charge >= 0.3 is 0 Å². The highest BCUT2D eigenvalue weighted by atomic mass is 35.5. The van der Waals surface area contributed by atoms with Gasteiger partial charge in [0.05, 0.1) is 39.9 Å². The molecule has 1 aromatic heterocycles. The minimum absolute atomic E-state index is 0.0114. The first-order valence-electron chi connectivity index (χ1n) is 15.3. The Hall–Kier alpha value is -4.55. The molecule has 0 saturated carbocycles. The normalized spacial score (nSPS) is 20.8. The summed E-state index contributed by atoms with van der Waals surface area (Å²) in [5.41, 5.74) is 4.57. The lowest BCUT2D eigenvalue weighted by molar-refractivity contribution is -0.122. The van der Waals surface area contributed by atoms with Gasteiger partial charge < -0.3 is 34.4 Å². The highest BCUT2D eigenvalue weighted by Gasteiger charge is 2.63. The van der Waals surface area contributed by atoms with E-state index in [1.807, 2.05) is 4.90 Å². The quantitative estimate of drug-likeness (QED) is 0.323. The smallest absolute Gasteiger partial charge is 0.237 e. The molecular weight excluding hydrogens is 630 g/mol. The van der Waals surface area contributed by atoms with E-state index in [2.05, 4.69) is 5.32 Å². The van der Waals surface area contributed by atoms with Crippen molar-refractivity contribution >= 4 is 35.0 Å². The number of carbonyl (C=O) groups excluding carboxylic acids is 4. The lowest BCUT2D eigenvalue weighted by Crippen LogP contribution is -2.56. The zero-order valence-electron chi connectivity index (χ0n) is 26.6. The zero-order chi connectivity index (χ0) is 33.6. The maximum Gasteiger partial charge on any atom is 0.237 e. The Balaban J connectivity index is 1.38. The second-order valence-corrected chi connectivity index (χ2v) is 12.5. The lowest BCUT2D eigenvalue weighted by atomic mass is 9.70. The number of nitrogens with one attached hydrogen (secondary N) is 1. The number of nitrogens with zero attached hydrogens (tertiary/aromatic N) is 1. The number of piperidine rings is 1. The third-order valence-electron chi connectivity index (χ3n) is 9.27. The summed E-state index contributed by atoms with van der Waals surface area (Å²) in [6.07, 6.45) is 1.28. The van der Waals surface area contributed by atoms with Crippen LogP contribution in [0.25, 0.3) is 11.3 Å². The molecule has 12 nitrogen and oxygen atoms in total. The number of rotatable bonds is 9. The maximum absolute atomic E-state index is 14.7. The van der Waals surface area contributed by atoms with Gasteiger partial charge in [-0.2, -0.15) is 0 Å². The van der Waals surface area contributed by atoms with Crippen LogP contribution in [-0.2, 0) is 22.4 Å². The molecule has 3 N–H and O–H groups in total. The fourth-order valence-electron chi connectivity index (χ4n) is 6.87. The average Bonchev–Trinajstić information content (AvgIpc) is 3.57. The number of benzene rings is 2. The number of amides is 2. The van der Waals surface area contributed by atoms with E-state index in [1.54, 1.807) is 38.3 Å². The Morgan fingerprint density at radius 3 is 2.30 bits per heavy atom. The van der Waals surface area contributed by atoms with Crippen LogP contribution in [0.2, 0.25) is 5.02 Å². The van der Waals surface area contributed by atoms with Gasteiger partial charge in [0.1, 0.15) is 39.4 Å². The van der Waals surface area contributed by atoms with E-state index >= 15 is 0 Å². The largest absolute Gasteiger partial charge is 0.497 e. The molecule has 1 saturated heterocycles. The lowest BCUT2D eigenvalue weighted by Gasteiger charge is -2.35. The number of likely N-dealkylation sites (tertiary alicyclic amines) is 1. The summed E-state index contributed by atoms with van der Waals surface area (Å²) in [6.45, 7) is 3.14. The predicted molar refractivity (Wildman–Crippen MR) is 171 cm³/mol. The molecule has 0 radical (unpaired) electrons. The first-order chi connectivity index (χ1) is 22.5. The van der Waals surface area contributed by atoms with E-state index in [4.69, 9.17) is 40.7 Å². The molecule has 13 heteroatoms. The summed E-state index contributed by atoms with van der Waals surface area (Å²) in [4.78, 5) is 55.9. The predicted octanol–water partition coefficient (Wildman–Crippen LogP) is 3.62. The molecule has 1 fully saturated rings. The van der Waals surface area contributed by atoms with Crippen molar-refractivity contribution in [3.8, 4) is 34.3 Å². The van der Waals surface area contributed by atoms with Crippen molar-refractivity contribution < 1.29 is 42.5 Å². The van der Waals surface area contributed by atoms with Crippen molar-refractivity contribution in [2.24, 2.45) is 11.7 Å². The van der Waals surface area contributed by atoms with Gasteiger partial charge in [-0.15, -0.1) is 0 Å². The second-order valence-electron chi connectivity index (χ2n) is 12.1. The number of ether oxygens (including phenoxy) is 4. The number of carbonyl (C=O) groups is 4. The topological polar surface area (TPSA) is 160 Å². The number of hydrogen-bond donors (Lipinski definition) is 2. The van der Waals surface area contributed by atoms with Crippen LogP contribution in [0, 0.1) is 5.92 Å². The van der Waals surface area contributed by atoms with E-state index in [1.165, 1.54) is 20.3 Å². The van der Waals surface area contributed by atoms with Crippen molar-refractivity contribution in [2.75, 3.05) is 41.0 Å². The van der Waals surface area contributed by atoms with Crippen LogP contribution < -0.4 is 30.0 Å². The number of halogens is 1. The standard InChI is InChI=1S/C34H36ClN3O9/c1-17-13-23-27(32(41)34(17)33(42)28-22(44-3)15-24(45-4)29(35)31(28)47-34)21(30(46-23)18-5-7-20(43-2)8-6-18)14-26(40)37-19-9-11-38(12-10-19)16-25(36)39/h5-8,15,17,19H,9-14,16H2,1-4H3,(H2,36,39)(H,37,40)/t17-,34+/m1/s1. The van der Waals surface area contributed by atoms with E-state index < -0.39 is 29.0 Å². The summed E-state index contributed by atoms with van der Waals surface area (Å²) < 4.78 is 28.9. The number of Topliss-reactive ketones (excluding diaryl/α,β-unsaturated/α-hetero) is 2. The molecule has 3 heterocycles. The Morgan fingerprint density at radius 2 is 1.68 bits per heavy atom. The third-order valence-corrected chi connectivity index (χ3v) is 9.63. The molecule has 2 atom stereocenters. The molecule has 0 unspecified atom stereocenters. The van der Waals surface area contributed by atoms with Crippen LogP contribution >= 0.6 is 11.6 Å². The van der Waals surface area contributed by atoms with Gasteiger partial charge in [-0.3, -0.25) is 24.1 Å². The van der Waals surface area contributed by atoms with Crippen molar-refractivity contribution in [3.05, 3.63) is 57.8 Å². The summed E-state index contributed by atoms with van der Waals surface area (Å²) >= 11 is 6.61. The van der Waals surface area contributed by atoms with E-state index in [0.29, 0.717) is 54.3 Å². The summed E-state index contributed by atoms with van der Waals surface area (Å²) in [5.74, 6) is -0.813. The van der Waals surface area contributed by atoms with E-state index in [0.717, 1.165) is 0 Å². The van der Waals surface area contributed by atoms with Crippen LogP contribution in [0.1, 0.15) is 51.8 Å². The Labute approximate surface area is 276 Å². The Kier molecular flexibility index (Phi) is 8.66. The number of fused-ring (bicyclic) bond motifs is 2. The first-order valence-corrected chi connectivity index (χ1v) is 15.7. The van der Waals surface area contributed by atoms with Gasteiger partial charge in [-0.1, -0.05) is 18.5 Å². The number of ketones is 2. The molecule has 47 heavy (non-hydrogen) atoms. The minimum Gasteiger partial charge on any atom is -0.497 e. The zero-order valence-corrected chi connectivity index (χ0v) is 27.3. The molecular formula is C34H36ClN3O9. The SMILES string of the molecule is COc1ccc(-c2oc3c(c2CC(=O)NC2CCN(CC(N)=O)CC2)C(=O)[C@@]2(Oc4c(Cl)c(OC)cc(OC)c4C2=O)[C@H](C)C3)cc1. The Morgan fingerprint density at radius 1 is 1.02 bits per heavy atom. The van der Waals surface area contributed by atoms with Gasteiger partial charge in [0.2, 0.25) is 29.0 Å².